The number of pyridine rings is 1. The van der Waals surface area contributed by atoms with Gasteiger partial charge in [0.05, 0.1) is 0 Å². The summed E-state index contributed by atoms with van der Waals surface area (Å²) < 4.78 is 13.0. The van der Waals surface area contributed by atoms with Crippen LogP contribution >= 0.6 is 0 Å². The van der Waals surface area contributed by atoms with Gasteiger partial charge in [-0.25, -0.2) is 9.37 Å². The van der Waals surface area contributed by atoms with Crippen molar-refractivity contribution in [3.05, 3.63) is 94.9 Å². The van der Waals surface area contributed by atoms with Crippen molar-refractivity contribution in [1.82, 2.24) is 9.88 Å². The third kappa shape index (κ3) is 3.97. The molecule has 0 radical (unpaired) electrons. The summed E-state index contributed by atoms with van der Waals surface area (Å²) in [5.74, 6) is 0.381. The maximum Gasteiger partial charge on any atom is 0.254 e. The molecule has 1 aliphatic heterocycles. The van der Waals surface area contributed by atoms with E-state index in [1.165, 1.54) is 23.3 Å². The molecule has 0 unspecified atom stereocenters. The van der Waals surface area contributed by atoms with Crippen LogP contribution < -0.4 is 5.32 Å². The van der Waals surface area contributed by atoms with Gasteiger partial charge in [0.1, 0.15) is 11.6 Å². The van der Waals surface area contributed by atoms with Crippen LogP contribution in [0.5, 0.6) is 0 Å². The molecule has 0 bridgehead atoms. The minimum atomic E-state index is -0.257. The number of aromatic nitrogens is 1. The first kappa shape index (κ1) is 17.2. The number of anilines is 1. The van der Waals surface area contributed by atoms with Crippen molar-refractivity contribution in [1.29, 1.82) is 0 Å². The lowest BCUT2D eigenvalue weighted by Crippen LogP contribution is -2.35. The van der Waals surface area contributed by atoms with Crippen molar-refractivity contribution in [2.45, 2.75) is 19.5 Å². The molecule has 2 heterocycles. The number of hydrogen-bond acceptors (Lipinski definition) is 3. The van der Waals surface area contributed by atoms with Crippen molar-refractivity contribution >= 4 is 11.7 Å². The molecule has 0 aliphatic carbocycles. The van der Waals surface area contributed by atoms with E-state index in [1.807, 2.05) is 17.0 Å². The summed E-state index contributed by atoms with van der Waals surface area (Å²) in [7, 11) is 0. The number of halogens is 1. The first-order valence-electron chi connectivity index (χ1n) is 8.99. The number of carbonyl (C=O) groups is 1. The zero-order chi connectivity index (χ0) is 18.6. The van der Waals surface area contributed by atoms with Crippen molar-refractivity contribution in [3.8, 4) is 0 Å². The first-order valence-corrected chi connectivity index (χ1v) is 8.99. The van der Waals surface area contributed by atoms with E-state index in [4.69, 9.17) is 0 Å². The van der Waals surface area contributed by atoms with Gasteiger partial charge in [0.25, 0.3) is 5.91 Å². The molecule has 1 aromatic heterocycles. The minimum absolute atomic E-state index is 0.0109. The average Bonchev–Trinajstić information content (AvgIpc) is 2.72. The Bertz CT molecular complexity index is 956. The van der Waals surface area contributed by atoms with E-state index in [9.17, 15) is 9.18 Å². The standard InChI is InChI=1S/C22H20FN3O/c23-20-7-5-16(6-8-20)14-25-21-13-18(9-11-24-21)22(27)26-12-10-17-3-1-2-4-19(17)15-26/h1-9,11,13H,10,12,14-15H2,(H,24,25). The summed E-state index contributed by atoms with van der Waals surface area (Å²) in [6, 6.07) is 18.1. The molecule has 0 saturated carbocycles. The molecule has 4 nitrogen and oxygen atoms in total. The van der Waals surface area contributed by atoms with Crippen molar-refractivity contribution in [3.63, 3.8) is 0 Å². The number of carbonyl (C=O) groups excluding carboxylic acids is 1. The highest BCUT2D eigenvalue weighted by Gasteiger charge is 2.21. The van der Waals surface area contributed by atoms with E-state index in [2.05, 4.69) is 22.4 Å². The number of nitrogens with zero attached hydrogens (tertiary/aromatic N) is 2. The second-order valence-corrected chi connectivity index (χ2v) is 6.66. The highest BCUT2D eigenvalue weighted by Crippen LogP contribution is 2.21. The maximum absolute atomic E-state index is 13.0. The molecule has 27 heavy (non-hydrogen) atoms. The number of nitrogens with one attached hydrogen (secondary N) is 1. The molecule has 136 valence electrons. The van der Waals surface area contributed by atoms with Gasteiger partial charge in [0.15, 0.2) is 0 Å². The Morgan fingerprint density at radius 1 is 1.07 bits per heavy atom. The van der Waals surface area contributed by atoms with Crippen LogP contribution in [-0.2, 0) is 19.5 Å². The molecule has 1 aliphatic rings. The van der Waals surface area contributed by atoms with Gasteiger partial charge in [-0.15, -0.1) is 0 Å². The molecule has 0 fully saturated rings. The van der Waals surface area contributed by atoms with Gasteiger partial charge in [-0.1, -0.05) is 36.4 Å². The zero-order valence-electron chi connectivity index (χ0n) is 14.9. The normalized spacial score (nSPS) is 13.1. The molecule has 2 aromatic carbocycles. The van der Waals surface area contributed by atoms with Gasteiger partial charge in [-0.3, -0.25) is 4.79 Å². The second kappa shape index (κ2) is 7.58. The Morgan fingerprint density at radius 2 is 1.85 bits per heavy atom. The predicted molar refractivity (Wildman–Crippen MR) is 103 cm³/mol. The SMILES string of the molecule is O=C(c1ccnc(NCc2ccc(F)cc2)c1)N1CCc2ccccc2C1. The van der Waals surface area contributed by atoms with Crippen LogP contribution in [0.25, 0.3) is 0 Å². The molecular weight excluding hydrogens is 341 g/mol. The summed E-state index contributed by atoms with van der Waals surface area (Å²) in [6.07, 6.45) is 2.51. The highest BCUT2D eigenvalue weighted by molar-refractivity contribution is 5.95. The fourth-order valence-electron chi connectivity index (χ4n) is 3.31. The largest absolute Gasteiger partial charge is 0.366 e. The molecule has 0 spiro atoms. The maximum atomic E-state index is 13.0. The molecule has 5 heteroatoms. The van der Waals surface area contributed by atoms with Crippen LogP contribution in [0.15, 0.2) is 66.9 Å². The van der Waals surface area contributed by atoms with Gasteiger partial charge in [0.2, 0.25) is 0 Å². The quantitative estimate of drug-likeness (QED) is 0.763. The molecule has 0 saturated heterocycles. The topological polar surface area (TPSA) is 45.2 Å². The van der Waals surface area contributed by atoms with Crippen LogP contribution in [0.2, 0.25) is 0 Å². The first-order chi connectivity index (χ1) is 13.2. The minimum Gasteiger partial charge on any atom is -0.366 e. The average molecular weight is 361 g/mol. The summed E-state index contributed by atoms with van der Waals surface area (Å²) in [5, 5.41) is 3.19. The molecule has 4 rings (SSSR count). The highest BCUT2D eigenvalue weighted by atomic mass is 19.1. The van der Waals surface area contributed by atoms with Crippen LogP contribution in [0.4, 0.5) is 10.2 Å². The van der Waals surface area contributed by atoms with E-state index < -0.39 is 0 Å². The third-order valence-electron chi connectivity index (χ3n) is 4.81. The van der Waals surface area contributed by atoms with Crippen LogP contribution in [0.1, 0.15) is 27.0 Å². The molecule has 1 N–H and O–H groups in total. The van der Waals surface area contributed by atoms with Crippen molar-refractivity contribution in [2.24, 2.45) is 0 Å². The monoisotopic (exact) mass is 361 g/mol. The van der Waals surface area contributed by atoms with Gasteiger partial charge >= 0.3 is 0 Å². The fourth-order valence-corrected chi connectivity index (χ4v) is 3.31. The Labute approximate surface area is 157 Å². The zero-order valence-corrected chi connectivity index (χ0v) is 14.9. The lowest BCUT2D eigenvalue weighted by Gasteiger charge is -2.29. The van der Waals surface area contributed by atoms with Gasteiger partial charge < -0.3 is 10.2 Å². The number of rotatable bonds is 4. The lowest BCUT2D eigenvalue weighted by molar-refractivity contribution is 0.0734. The van der Waals surface area contributed by atoms with E-state index in [1.54, 1.807) is 30.5 Å². The number of benzene rings is 2. The predicted octanol–water partition coefficient (Wildman–Crippen LogP) is 4.03. The van der Waals surface area contributed by atoms with Crippen molar-refractivity contribution < 1.29 is 9.18 Å². The summed E-state index contributed by atoms with van der Waals surface area (Å²) >= 11 is 0. The lowest BCUT2D eigenvalue weighted by atomic mass is 9.99. The molecule has 0 atom stereocenters. The number of hydrogen-bond donors (Lipinski definition) is 1. The second-order valence-electron chi connectivity index (χ2n) is 6.66. The molecule has 1 amide bonds. The Balaban J connectivity index is 1.44. The van der Waals surface area contributed by atoms with E-state index in [0.29, 0.717) is 24.5 Å². The molecule has 3 aromatic rings. The summed E-state index contributed by atoms with van der Waals surface area (Å²) in [4.78, 5) is 19.1. The number of fused-ring (bicyclic) bond motifs is 1. The summed E-state index contributed by atoms with van der Waals surface area (Å²) in [6.45, 7) is 1.87. The smallest absolute Gasteiger partial charge is 0.254 e. The van der Waals surface area contributed by atoms with Gasteiger partial charge in [0, 0.05) is 31.4 Å². The fraction of sp³-hybridized carbons (Fsp3) is 0.182. The molecular formula is C22H20FN3O. The van der Waals surface area contributed by atoms with E-state index >= 15 is 0 Å². The van der Waals surface area contributed by atoms with Gasteiger partial charge in [-0.2, -0.15) is 0 Å². The van der Waals surface area contributed by atoms with Crippen LogP contribution in [0.3, 0.4) is 0 Å². The van der Waals surface area contributed by atoms with E-state index in [-0.39, 0.29) is 11.7 Å². The van der Waals surface area contributed by atoms with E-state index in [0.717, 1.165) is 18.5 Å². The summed E-state index contributed by atoms with van der Waals surface area (Å²) in [5.41, 5.74) is 4.09. The van der Waals surface area contributed by atoms with Gasteiger partial charge in [-0.05, 0) is 47.4 Å². The Kier molecular flexibility index (Phi) is 4.83. The third-order valence-corrected chi connectivity index (χ3v) is 4.81. The van der Waals surface area contributed by atoms with Crippen LogP contribution in [-0.4, -0.2) is 22.3 Å². The number of amides is 1. The van der Waals surface area contributed by atoms with Crippen LogP contribution in [0, 0.1) is 5.82 Å². The van der Waals surface area contributed by atoms with Crippen molar-refractivity contribution in [2.75, 3.05) is 11.9 Å². The Hall–Kier alpha value is -3.21. The Morgan fingerprint density at radius 3 is 2.67 bits per heavy atom.